The van der Waals surface area contributed by atoms with Crippen LogP contribution in [0.4, 0.5) is 0 Å². The van der Waals surface area contributed by atoms with E-state index >= 15 is 0 Å². The van der Waals surface area contributed by atoms with Crippen molar-refractivity contribution in [2.24, 2.45) is 0 Å². The molecular formula is C40H77NO2. The van der Waals surface area contributed by atoms with Crippen molar-refractivity contribution in [2.75, 3.05) is 26.3 Å². The van der Waals surface area contributed by atoms with Crippen LogP contribution in [0.3, 0.4) is 0 Å². The lowest BCUT2D eigenvalue weighted by Crippen LogP contribution is -2.39. The molecular weight excluding hydrogens is 526 g/mol. The van der Waals surface area contributed by atoms with Crippen LogP contribution in [0.15, 0.2) is 24.3 Å². The number of nitrogens with one attached hydrogen (secondary N) is 1. The fourth-order valence-electron chi connectivity index (χ4n) is 6.15. The van der Waals surface area contributed by atoms with E-state index < -0.39 is 0 Å². The second-order valence-electron chi connectivity index (χ2n) is 13.4. The Morgan fingerprint density at radius 2 is 0.767 bits per heavy atom. The van der Waals surface area contributed by atoms with E-state index in [0.717, 1.165) is 45.6 Å². The fourth-order valence-corrected chi connectivity index (χ4v) is 6.15. The Labute approximate surface area is 270 Å². The lowest BCUT2D eigenvalue weighted by Gasteiger charge is -2.29. The fraction of sp³-hybridized carbons (Fsp3) is 0.900. The topological polar surface area (TPSA) is 30.5 Å². The van der Waals surface area contributed by atoms with Crippen LogP contribution >= 0.6 is 0 Å². The van der Waals surface area contributed by atoms with Gasteiger partial charge in [-0.2, -0.15) is 0 Å². The Morgan fingerprint density at radius 1 is 0.442 bits per heavy atom. The van der Waals surface area contributed by atoms with Crippen LogP contribution < -0.4 is 5.32 Å². The first kappa shape index (κ1) is 40.4. The summed E-state index contributed by atoms with van der Waals surface area (Å²) in [4.78, 5) is 0. The highest BCUT2D eigenvalue weighted by Gasteiger charge is 2.35. The van der Waals surface area contributed by atoms with Crippen LogP contribution in [0.25, 0.3) is 0 Å². The summed E-state index contributed by atoms with van der Waals surface area (Å²) in [5.41, 5.74) is 0. The standard InChI is InChI=1S/C40H77NO2/c1-3-5-7-9-11-13-15-17-19-21-23-25-27-29-31-33-37-42-40(35-36-41-39-40)43-38-34-32-30-28-26-24-22-20-18-16-14-12-10-8-6-4-2/h23-26,41H,3-22,27-39H2,1-2H3/b25-23-,26-24-. The predicted octanol–water partition coefficient (Wildman–Crippen LogP) is 12.8. The van der Waals surface area contributed by atoms with Gasteiger partial charge in [-0.3, -0.25) is 0 Å². The molecule has 0 atom stereocenters. The molecule has 0 radical (unpaired) electrons. The second-order valence-corrected chi connectivity index (χ2v) is 13.4. The van der Waals surface area contributed by atoms with E-state index in [1.165, 1.54) is 167 Å². The normalized spacial score (nSPS) is 15.0. The summed E-state index contributed by atoms with van der Waals surface area (Å²) >= 11 is 0. The van der Waals surface area contributed by atoms with Gasteiger partial charge in [0.15, 0.2) is 5.79 Å². The van der Waals surface area contributed by atoms with Gasteiger partial charge in [-0.15, -0.1) is 0 Å². The molecule has 0 aliphatic carbocycles. The molecule has 1 N–H and O–H groups in total. The molecule has 0 aromatic carbocycles. The van der Waals surface area contributed by atoms with Crippen LogP contribution in [0.2, 0.25) is 0 Å². The first-order valence-electron chi connectivity index (χ1n) is 19.6. The van der Waals surface area contributed by atoms with Gasteiger partial charge in [-0.25, -0.2) is 0 Å². The molecule has 1 aliphatic heterocycles. The molecule has 0 bridgehead atoms. The maximum absolute atomic E-state index is 6.32. The van der Waals surface area contributed by atoms with Crippen molar-refractivity contribution in [3.63, 3.8) is 0 Å². The van der Waals surface area contributed by atoms with E-state index in [-0.39, 0.29) is 5.79 Å². The van der Waals surface area contributed by atoms with Gasteiger partial charge >= 0.3 is 0 Å². The molecule has 1 rings (SSSR count). The highest BCUT2D eigenvalue weighted by molar-refractivity contribution is 4.83. The predicted molar refractivity (Wildman–Crippen MR) is 191 cm³/mol. The molecule has 0 amide bonds. The highest BCUT2D eigenvalue weighted by Crippen LogP contribution is 2.23. The quantitative estimate of drug-likeness (QED) is 0.0451. The van der Waals surface area contributed by atoms with Crippen LogP contribution in [0.1, 0.15) is 200 Å². The van der Waals surface area contributed by atoms with E-state index in [4.69, 9.17) is 9.47 Å². The number of rotatable bonds is 34. The largest absolute Gasteiger partial charge is 0.349 e. The molecule has 0 saturated carbocycles. The van der Waals surface area contributed by atoms with E-state index in [1.807, 2.05) is 0 Å². The van der Waals surface area contributed by atoms with Crippen LogP contribution in [0.5, 0.6) is 0 Å². The van der Waals surface area contributed by atoms with Gasteiger partial charge in [-0.05, 0) is 64.2 Å². The zero-order chi connectivity index (χ0) is 30.8. The summed E-state index contributed by atoms with van der Waals surface area (Å²) in [5, 5.41) is 3.46. The zero-order valence-electron chi connectivity index (χ0n) is 29.5. The Hall–Kier alpha value is -0.640. The van der Waals surface area contributed by atoms with E-state index in [0.29, 0.717) is 0 Å². The van der Waals surface area contributed by atoms with Gasteiger partial charge in [0.05, 0.1) is 13.2 Å². The number of hydrogen-bond donors (Lipinski definition) is 1. The van der Waals surface area contributed by atoms with E-state index in [2.05, 4.69) is 43.5 Å². The third-order valence-corrected chi connectivity index (χ3v) is 9.12. The minimum Gasteiger partial charge on any atom is -0.349 e. The lowest BCUT2D eigenvalue weighted by molar-refractivity contribution is -0.224. The summed E-state index contributed by atoms with van der Waals surface area (Å²) in [6.45, 7) is 8.09. The summed E-state index contributed by atoms with van der Waals surface area (Å²) < 4.78 is 12.6. The Balaban J connectivity index is 1.89. The number of allylic oxidation sites excluding steroid dienone is 4. The second kappa shape index (κ2) is 32.7. The lowest BCUT2D eigenvalue weighted by atomic mass is 10.1. The van der Waals surface area contributed by atoms with Gasteiger partial charge in [-0.1, -0.05) is 154 Å². The van der Waals surface area contributed by atoms with Crippen molar-refractivity contribution < 1.29 is 9.47 Å². The van der Waals surface area contributed by atoms with E-state index in [1.54, 1.807) is 0 Å². The molecule has 254 valence electrons. The van der Waals surface area contributed by atoms with Gasteiger partial charge in [0.1, 0.15) is 0 Å². The molecule has 0 aromatic rings. The minimum atomic E-state index is -0.370. The molecule has 43 heavy (non-hydrogen) atoms. The van der Waals surface area contributed by atoms with Gasteiger partial charge < -0.3 is 14.8 Å². The molecule has 0 aromatic heterocycles. The van der Waals surface area contributed by atoms with Crippen molar-refractivity contribution >= 4 is 0 Å². The smallest absolute Gasteiger partial charge is 0.181 e. The molecule has 1 saturated heterocycles. The molecule has 3 heteroatoms. The van der Waals surface area contributed by atoms with Crippen LogP contribution in [0, 0.1) is 0 Å². The minimum absolute atomic E-state index is 0.370. The zero-order valence-corrected chi connectivity index (χ0v) is 29.5. The number of hydrogen-bond acceptors (Lipinski definition) is 3. The van der Waals surface area contributed by atoms with Gasteiger partial charge in [0.2, 0.25) is 0 Å². The summed E-state index contributed by atoms with van der Waals surface area (Å²) in [7, 11) is 0. The van der Waals surface area contributed by atoms with Gasteiger partial charge in [0, 0.05) is 19.5 Å². The van der Waals surface area contributed by atoms with E-state index in [9.17, 15) is 0 Å². The average Bonchev–Trinajstić information content (AvgIpc) is 3.49. The third-order valence-electron chi connectivity index (χ3n) is 9.12. The molecule has 0 spiro atoms. The van der Waals surface area contributed by atoms with Crippen molar-refractivity contribution in [2.45, 2.75) is 206 Å². The first-order valence-corrected chi connectivity index (χ1v) is 19.6. The number of ether oxygens (including phenoxy) is 2. The molecule has 0 unspecified atom stereocenters. The first-order chi connectivity index (χ1) is 21.3. The van der Waals surface area contributed by atoms with Crippen LogP contribution in [-0.4, -0.2) is 32.1 Å². The molecule has 3 nitrogen and oxygen atoms in total. The Kier molecular flexibility index (Phi) is 30.8. The van der Waals surface area contributed by atoms with Gasteiger partial charge in [0.25, 0.3) is 0 Å². The maximum Gasteiger partial charge on any atom is 0.181 e. The molecule has 1 aliphatic rings. The Morgan fingerprint density at radius 3 is 1.09 bits per heavy atom. The third kappa shape index (κ3) is 27.4. The summed E-state index contributed by atoms with van der Waals surface area (Å²) in [6, 6.07) is 0. The monoisotopic (exact) mass is 604 g/mol. The molecule has 1 fully saturated rings. The average molecular weight is 604 g/mol. The van der Waals surface area contributed by atoms with Crippen molar-refractivity contribution in [3.8, 4) is 0 Å². The van der Waals surface area contributed by atoms with Crippen LogP contribution in [-0.2, 0) is 9.47 Å². The summed E-state index contributed by atoms with van der Waals surface area (Å²) in [6.07, 6.45) is 48.4. The van der Waals surface area contributed by atoms with Crippen molar-refractivity contribution in [3.05, 3.63) is 24.3 Å². The van der Waals surface area contributed by atoms with Crippen molar-refractivity contribution in [1.29, 1.82) is 0 Å². The summed E-state index contributed by atoms with van der Waals surface area (Å²) in [5.74, 6) is -0.370. The highest BCUT2D eigenvalue weighted by atomic mass is 16.7. The van der Waals surface area contributed by atoms with Crippen molar-refractivity contribution in [1.82, 2.24) is 5.32 Å². The maximum atomic E-state index is 6.32. The number of unbranched alkanes of at least 4 members (excludes halogenated alkanes) is 24. The Bertz CT molecular complexity index is 549. The molecule has 1 heterocycles. The SMILES string of the molecule is CCCCCCCCCCC/C=C\CCCCCOC1(OCCCCC/C=C\CCCCCCCCCCC)CCNC1.